The Kier molecular flexibility index (Phi) is 3.15. The van der Waals surface area contributed by atoms with E-state index in [1.165, 1.54) is 0 Å². The predicted molar refractivity (Wildman–Crippen MR) is 86.5 cm³/mol. The van der Waals surface area contributed by atoms with Crippen molar-refractivity contribution < 1.29 is 14.3 Å². The van der Waals surface area contributed by atoms with Crippen LogP contribution in [0.1, 0.15) is 21.5 Å². The maximum atomic E-state index is 12.7. The molecule has 1 aliphatic heterocycles. The quantitative estimate of drug-likeness (QED) is 0.692. The van der Waals surface area contributed by atoms with Gasteiger partial charge in [-0.3, -0.25) is 4.79 Å². The molecule has 0 N–H and O–H groups in total. The van der Waals surface area contributed by atoms with Crippen LogP contribution in [-0.2, 0) is 0 Å². The second kappa shape index (κ2) is 5.32. The molecule has 23 heavy (non-hydrogen) atoms. The minimum Gasteiger partial charge on any atom is -0.454 e. The Morgan fingerprint density at radius 2 is 1.83 bits per heavy atom. The van der Waals surface area contributed by atoms with Crippen molar-refractivity contribution in [2.45, 2.75) is 6.92 Å². The topological polar surface area (TPSA) is 40.5 Å². The van der Waals surface area contributed by atoms with E-state index in [0.29, 0.717) is 22.6 Å². The Morgan fingerprint density at radius 1 is 1.00 bits per heavy atom. The van der Waals surface area contributed by atoms with Gasteiger partial charge in [0.2, 0.25) is 6.79 Å². The number of hydrogen-bond donors (Lipinski definition) is 0. The second-order valence-corrected chi connectivity index (χ2v) is 5.49. The fraction of sp³-hybridized carbons (Fsp3) is 0.105. The molecule has 0 radical (unpaired) electrons. The van der Waals surface area contributed by atoms with Crippen LogP contribution in [0.2, 0.25) is 0 Å². The number of ether oxygens (including phenoxy) is 2. The van der Waals surface area contributed by atoms with Crippen LogP contribution in [0.4, 0.5) is 0 Å². The average Bonchev–Trinajstić information content (AvgIpc) is 3.23. The standard InChI is InChI=1S/C19H15NO3/c1-13-4-2-3-5-16(13)20-9-8-15(11-20)19(21)14-6-7-17-18(10-14)23-12-22-17/h2-11H,12H2,1H3. The molecule has 0 amide bonds. The number of fused-ring (bicyclic) bond motifs is 1. The van der Waals surface area contributed by atoms with Gasteiger partial charge in [-0.15, -0.1) is 0 Å². The van der Waals surface area contributed by atoms with Crippen LogP contribution in [0, 0.1) is 6.92 Å². The van der Waals surface area contributed by atoms with E-state index in [4.69, 9.17) is 9.47 Å². The summed E-state index contributed by atoms with van der Waals surface area (Å²) in [5.41, 5.74) is 3.46. The summed E-state index contributed by atoms with van der Waals surface area (Å²) >= 11 is 0. The van der Waals surface area contributed by atoms with E-state index in [2.05, 4.69) is 13.0 Å². The van der Waals surface area contributed by atoms with Crippen LogP contribution in [0.5, 0.6) is 11.5 Å². The number of benzene rings is 2. The zero-order chi connectivity index (χ0) is 15.8. The average molecular weight is 305 g/mol. The minimum absolute atomic E-state index is 0.0318. The molecule has 0 fully saturated rings. The summed E-state index contributed by atoms with van der Waals surface area (Å²) in [6.07, 6.45) is 3.76. The third kappa shape index (κ3) is 2.38. The lowest BCUT2D eigenvalue weighted by Gasteiger charge is -2.06. The summed E-state index contributed by atoms with van der Waals surface area (Å²) in [7, 11) is 0. The fourth-order valence-corrected chi connectivity index (χ4v) is 2.74. The zero-order valence-corrected chi connectivity index (χ0v) is 12.7. The second-order valence-electron chi connectivity index (χ2n) is 5.49. The first-order valence-electron chi connectivity index (χ1n) is 7.41. The summed E-state index contributed by atoms with van der Waals surface area (Å²) in [5, 5.41) is 0. The number of aryl methyl sites for hydroxylation is 1. The fourth-order valence-electron chi connectivity index (χ4n) is 2.74. The van der Waals surface area contributed by atoms with Crippen LogP contribution in [0.25, 0.3) is 5.69 Å². The van der Waals surface area contributed by atoms with Crippen molar-refractivity contribution in [3.63, 3.8) is 0 Å². The number of nitrogens with zero attached hydrogens (tertiary/aromatic N) is 1. The molecule has 114 valence electrons. The SMILES string of the molecule is Cc1ccccc1-n1ccc(C(=O)c2ccc3c(c2)OCO3)c1. The van der Waals surface area contributed by atoms with E-state index in [0.717, 1.165) is 11.3 Å². The van der Waals surface area contributed by atoms with Gasteiger partial charge in [-0.2, -0.15) is 0 Å². The monoisotopic (exact) mass is 305 g/mol. The van der Waals surface area contributed by atoms with Crippen LogP contribution < -0.4 is 9.47 Å². The number of rotatable bonds is 3. The number of hydrogen-bond acceptors (Lipinski definition) is 3. The van der Waals surface area contributed by atoms with E-state index in [1.807, 2.05) is 41.2 Å². The van der Waals surface area contributed by atoms with Crippen molar-refractivity contribution in [3.8, 4) is 17.2 Å². The Bertz CT molecular complexity index is 895. The molecule has 4 rings (SSSR count). The van der Waals surface area contributed by atoms with E-state index in [9.17, 15) is 4.79 Å². The number of ketones is 1. The van der Waals surface area contributed by atoms with E-state index in [1.54, 1.807) is 18.2 Å². The summed E-state index contributed by atoms with van der Waals surface area (Å²) in [6, 6.07) is 15.2. The Labute approximate surface area is 133 Å². The first kappa shape index (κ1) is 13.6. The van der Waals surface area contributed by atoms with Gasteiger partial charge < -0.3 is 14.0 Å². The molecule has 0 unspecified atom stereocenters. The minimum atomic E-state index is -0.0318. The predicted octanol–water partition coefficient (Wildman–Crippen LogP) is 3.75. The molecule has 2 aromatic carbocycles. The van der Waals surface area contributed by atoms with Crippen molar-refractivity contribution >= 4 is 5.78 Å². The van der Waals surface area contributed by atoms with E-state index in [-0.39, 0.29) is 12.6 Å². The zero-order valence-electron chi connectivity index (χ0n) is 12.7. The van der Waals surface area contributed by atoms with Gasteiger partial charge >= 0.3 is 0 Å². The van der Waals surface area contributed by atoms with Gasteiger partial charge in [0.05, 0.1) is 0 Å². The molecule has 0 bridgehead atoms. The number of carbonyl (C=O) groups excluding carboxylic acids is 1. The molecule has 1 aliphatic rings. The smallest absolute Gasteiger partial charge is 0.231 e. The van der Waals surface area contributed by atoms with Gasteiger partial charge in [0.1, 0.15) is 0 Å². The Hall–Kier alpha value is -3.01. The lowest BCUT2D eigenvalue weighted by molar-refractivity contribution is 0.103. The molecule has 0 atom stereocenters. The van der Waals surface area contributed by atoms with Crippen molar-refractivity contribution in [1.82, 2.24) is 4.57 Å². The molecule has 4 nitrogen and oxygen atoms in total. The summed E-state index contributed by atoms with van der Waals surface area (Å²) < 4.78 is 12.6. The molecular formula is C19H15NO3. The van der Waals surface area contributed by atoms with Crippen molar-refractivity contribution in [2.75, 3.05) is 6.79 Å². The maximum absolute atomic E-state index is 12.7. The molecule has 1 aromatic heterocycles. The third-order valence-corrected chi connectivity index (χ3v) is 3.98. The first-order valence-corrected chi connectivity index (χ1v) is 7.41. The van der Waals surface area contributed by atoms with E-state index < -0.39 is 0 Å². The molecule has 3 aromatic rings. The molecular weight excluding hydrogens is 290 g/mol. The number of carbonyl (C=O) groups is 1. The highest BCUT2D eigenvalue weighted by atomic mass is 16.7. The summed E-state index contributed by atoms with van der Waals surface area (Å²) in [4.78, 5) is 12.7. The Morgan fingerprint density at radius 3 is 2.70 bits per heavy atom. The third-order valence-electron chi connectivity index (χ3n) is 3.98. The molecule has 4 heteroatoms. The maximum Gasteiger partial charge on any atom is 0.231 e. The van der Waals surface area contributed by atoms with Gasteiger partial charge in [0.25, 0.3) is 0 Å². The van der Waals surface area contributed by atoms with Crippen LogP contribution in [-0.4, -0.2) is 17.1 Å². The summed E-state index contributed by atoms with van der Waals surface area (Å²) in [5.74, 6) is 1.27. The van der Waals surface area contributed by atoms with Crippen LogP contribution in [0.3, 0.4) is 0 Å². The van der Waals surface area contributed by atoms with Gasteiger partial charge in [-0.1, -0.05) is 18.2 Å². The normalized spacial score (nSPS) is 12.4. The molecule has 2 heterocycles. The van der Waals surface area contributed by atoms with Gasteiger partial charge in [0.15, 0.2) is 17.3 Å². The summed E-state index contributed by atoms with van der Waals surface area (Å²) in [6.45, 7) is 2.26. The lowest BCUT2D eigenvalue weighted by atomic mass is 10.1. The van der Waals surface area contributed by atoms with Crippen molar-refractivity contribution in [3.05, 3.63) is 77.6 Å². The highest BCUT2D eigenvalue weighted by Crippen LogP contribution is 2.33. The number of aromatic nitrogens is 1. The van der Waals surface area contributed by atoms with Crippen LogP contribution >= 0.6 is 0 Å². The Balaban J connectivity index is 1.66. The lowest BCUT2D eigenvalue weighted by Crippen LogP contribution is -2.00. The van der Waals surface area contributed by atoms with Gasteiger partial charge in [-0.25, -0.2) is 0 Å². The highest BCUT2D eigenvalue weighted by molar-refractivity contribution is 6.09. The van der Waals surface area contributed by atoms with Gasteiger partial charge in [-0.05, 0) is 42.8 Å². The molecule has 0 saturated carbocycles. The van der Waals surface area contributed by atoms with Crippen LogP contribution in [0.15, 0.2) is 60.9 Å². The van der Waals surface area contributed by atoms with E-state index >= 15 is 0 Å². The van der Waals surface area contributed by atoms with Crippen molar-refractivity contribution in [1.29, 1.82) is 0 Å². The number of para-hydroxylation sites is 1. The molecule has 0 saturated heterocycles. The first-order chi connectivity index (χ1) is 11.2. The highest BCUT2D eigenvalue weighted by Gasteiger charge is 2.18. The van der Waals surface area contributed by atoms with Gasteiger partial charge in [0, 0.05) is 29.2 Å². The van der Waals surface area contributed by atoms with Crippen molar-refractivity contribution in [2.24, 2.45) is 0 Å². The molecule has 0 spiro atoms. The molecule has 0 aliphatic carbocycles. The largest absolute Gasteiger partial charge is 0.454 e.